The van der Waals surface area contributed by atoms with Crippen molar-refractivity contribution in [2.24, 2.45) is 0 Å². The lowest BCUT2D eigenvalue weighted by molar-refractivity contribution is 0.261. The van der Waals surface area contributed by atoms with E-state index in [-0.39, 0.29) is 5.54 Å². The van der Waals surface area contributed by atoms with E-state index in [1.54, 1.807) is 12.5 Å². The first-order chi connectivity index (χ1) is 8.57. The topological polar surface area (TPSA) is 21.7 Å². The van der Waals surface area contributed by atoms with Crippen LogP contribution in [-0.2, 0) is 9.05 Å². The molecular formula is C14H18NO2P. The Morgan fingerprint density at radius 3 is 2.00 bits per heavy atom. The van der Waals surface area contributed by atoms with Gasteiger partial charge < -0.3 is 13.9 Å². The molecule has 0 N–H and O–H groups in total. The van der Waals surface area contributed by atoms with Crippen LogP contribution >= 0.6 is 8.38 Å². The summed E-state index contributed by atoms with van der Waals surface area (Å²) < 4.78 is 11.3. The number of hydrogen-bond donors (Lipinski definition) is 0. The van der Waals surface area contributed by atoms with Crippen LogP contribution in [-0.4, -0.2) is 10.4 Å². The maximum absolute atomic E-state index is 5.66. The molecule has 1 heterocycles. The predicted molar refractivity (Wildman–Crippen MR) is 75.0 cm³/mol. The van der Waals surface area contributed by atoms with Crippen LogP contribution in [0.25, 0.3) is 0 Å². The molecule has 18 heavy (non-hydrogen) atoms. The highest BCUT2D eigenvalue weighted by Gasteiger charge is 2.19. The summed E-state index contributed by atoms with van der Waals surface area (Å²) in [5, 5.41) is 1.06. The van der Waals surface area contributed by atoms with Gasteiger partial charge in [0.15, 0.2) is 0 Å². The van der Waals surface area contributed by atoms with Crippen molar-refractivity contribution in [2.75, 3.05) is 0 Å². The first-order valence-corrected chi connectivity index (χ1v) is 7.06. The summed E-state index contributed by atoms with van der Waals surface area (Å²) in [5.74, 6) is 0. The van der Waals surface area contributed by atoms with Crippen LogP contribution in [0, 0.1) is 0 Å². The lowest BCUT2D eigenvalue weighted by Gasteiger charge is -2.32. The van der Waals surface area contributed by atoms with Crippen LogP contribution in [0.1, 0.15) is 20.8 Å². The van der Waals surface area contributed by atoms with E-state index in [0.29, 0.717) is 0 Å². The van der Waals surface area contributed by atoms with E-state index in [1.807, 2.05) is 47.6 Å². The van der Waals surface area contributed by atoms with Crippen LogP contribution in [0.5, 0.6) is 0 Å². The third kappa shape index (κ3) is 3.27. The van der Waals surface area contributed by atoms with Gasteiger partial charge in [-0.1, -0.05) is 18.2 Å². The smallest absolute Gasteiger partial charge is 0.324 e. The fraction of sp³-hybridized carbons (Fsp3) is 0.286. The van der Waals surface area contributed by atoms with Crippen LogP contribution in [0.4, 0.5) is 0 Å². The minimum Gasteiger partial charge on any atom is -0.442 e. The van der Waals surface area contributed by atoms with E-state index in [2.05, 4.69) is 20.8 Å². The van der Waals surface area contributed by atoms with Crippen molar-refractivity contribution >= 4 is 13.7 Å². The van der Waals surface area contributed by atoms with E-state index in [1.165, 1.54) is 0 Å². The van der Waals surface area contributed by atoms with Crippen LogP contribution in [0.2, 0.25) is 0 Å². The first kappa shape index (κ1) is 13.0. The molecule has 0 aromatic heterocycles. The molecule has 0 atom stereocenters. The Labute approximate surface area is 110 Å². The van der Waals surface area contributed by atoms with Gasteiger partial charge in [0.1, 0.15) is 12.5 Å². The minimum absolute atomic E-state index is 0.00651. The Balaban J connectivity index is 2.09. The second kappa shape index (κ2) is 5.45. The fourth-order valence-electron chi connectivity index (χ4n) is 1.49. The molecule has 1 aromatic carbocycles. The Morgan fingerprint density at radius 1 is 0.944 bits per heavy atom. The Hall–Kier alpha value is -1.47. The normalized spacial score (nSPS) is 20.3. The number of rotatable bonds is 1. The molecule has 0 saturated carbocycles. The van der Waals surface area contributed by atoms with Gasteiger partial charge in [-0.05, 0) is 32.9 Å². The molecule has 0 bridgehead atoms. The molecule has 1 aromatic rings. The SMILES string of the molecule is CC(C)(C)N1/C=C\OP(c2ccccc2)O/C=C\1. The van der Waals surface area contributed by atoms with E-state index in [0.717, 1.165) is 5.30 Å². The molecule has 4 heteroatoms. The molecule has 3 nitrogen and oxygen atoms in total. The Kier molecular flexibility index (Phi) is 3.93. The van der Waals surface area contributed by atoms with Gasteiger partial charge in [-0.3, -0.25) is 0 Å². The molecule has 0 spiro atoms. The van der Waals surface area contributed by atoms with Gasteiger partial charge in [0.05, 0.1) is 5.30 Å². The maximum atomic E-state index is 5.66. The summed E-state index contributed by atoms with van der Waals surface area (Å²) in [7, 11) is -1.07. The molecular weight excluding hydrogens is 245 g/mol. The summed E-state index contributed by atoms with van der Waals surface area (Å²) in [4.78, 5) is 2.05. The molecule has 1 aliphatic heterocycles. The minimum atomic E-state index is -1.07. The third-order valence-electron chi connectivity index (χ3n) is 2.50. The van der Waals surface area contributed by atoms with Crippen molar-refractivity contribution in [2.45, 2.75) is 26.3 Å². The van der Waals surface area contributed by atoms with Crippen molar-refractivity contribution in [1.82, 2.24) is 4.90 Å². The van der Waals surface area contributed by atoms with Gasteiger partial charge in [0.2, 0.25) is 0 Å². The lowest BCUT2D eigenvalue weighted by atomic mass is 10.1. The molecule has 96 valence electrons. The molecule has 0 radical (unpaired) electrons. The zero-order valence-electron chi connectivity index (χ0n) is 10.9. The molecule has 0 saturated heterocycles. The van der Waals surface area contributed by atoms with Crippen molar-refractivity contribution < 1.29 is 9.05 Å². The lowest BCUT2D eigenvalue weighted by Crippen LogP contribution is -2.33. The highest BCUT2D eigenvalue weighted by atomic mass is 31.2. The average Bonchev–Trinajstić information content (AvgIpc) is 2.28. The molecule has 0 unspecified atom stereocenters. The van der Waals surface area contributed by atoms with Crippen LogP contribution in [0.15, 0.2) is 55.3 Å². The van der Waals surface area contributed by atoms with Crippen molar-refractivity contribution in [1.29, 1.82) is 0 Å². The number of benzene rings is 1. The molecule has 0 aliphatic carbocycles. The Morgan fingerprint density at radius 2 is 1.50 bits per heavy atom. The van der Waals surface area contributed by atoms with Gasteiger partial charge in [-0.15, -0.1) is 0 Å². The molecule has 2 rings (SSSR count). The van der Waals surface area contributed by atoms with Gasteiger partial charge in [-0.2, -0.15) is 0 Å². The Bertz CT molecular complexity index is 421. The van der Waals surface area contributed by atoms with E-state index in [9.17, 15) is 0 Å². The van der Waals surface area contributed by atoms with E-state index < -0.39 is 8.38 Å². The second-order valence-corrected chi connectivity index (χ2v) is 6.40. The van der Waals surface area contributed by atoms with Gasteiger partial charge in [0.25, 0.3) is 0 Å². The summed E-state index contributed by atoms with van der Waals surface area (Å²) in [6, 6.07) is 9.97. The standard InChI is InChI=1S/C14H18NO2P/c1-14(2,3)15-9-11-16-18(17-12-10-15)13-7-5-4-6-8-13/h4-12H,1-3H3/b11-9-,12-10-. The van der Waals surface area contributed by atoms with Crippen molar-refractivity contribution in [3.05, 3.63) is 55.3 Å². The van der Waals surface area contributed by atoms with Crippen molar-refractivity contribution in [3.8, 4) is 0 Å². The van der Waals surface area contributed by atoms with Crippen LogP contribution < -0.4 is 5.30 Å². The van der Waals surface area contributed by atoms with E-state index in [4.69, 9.17) is 9.05 Å². The van der Waals surface area contributed by atoms with Crippen LogP contribution in [0.3, 0.4) is 0 Å². The molecule has 1 aliphatic rings. The maximum Gasteiger partial charge on any atom is 0.324 e. The highest BCUT2D eigenvalue weighted by molar-refractivity contribution is 7.56. The monoisotopic (exact) mass is 263 g/mol. The average molecular weight is 263 g/mol. The molecule has 0 fully saturated rings. The van der Waals surface area contributed by atoms with Crippen molar-refractivity contribution in [3.63, 3.8) is 0 Å². The largest absolute Gasteiger partial charge is 0.442 e. The summed E-state index contributed by atoms with van der Waals surface area (Å²) in [6.45, 7) is 6.38. The fourth-order valence-corrected chi connectivity index (χ4v) is 2.53. The predicted octanol–water partition coefficient (Wildman–Crippen LogP) is 3.71. The number of nitrogens with zero attached hydrogens (tertiary/aromatic N) is 1. The molecule has 0 amide bonds. The third-order valence-corrected chi connectivity index (χ3v) is 3.84. The summed E-state index contributed by atoms with van der Waals surface area (Å²) in [6.07, 6.45) is 7.26. The van der Waals surface area contributed by atoms with Gasteiger partial charge in [-0.25, -0.2) is 0 Å². The highest BCUT2D eigenvalue weighted by Crippen LogP contribution is 2.39. The second-order valence-electron chi connectivity index (χ2n) is 4.95. The first-order valence-electron chi connectivity index (χ1n) is 5.88. The zero-order chi connectivity index (χ0) is 13.0. The quantitative estimate of drug-likeness (QED) is 0.721. The number of hydrogen-bond acceptors (Lipinski definition) is 3. The summed E-state index contributed by atoms with van der Waals surface area (Å²) >= 11 is 0. The van der Waals surface area contributed by atoms with E-state index >= 15 is 0 Å². The summed E-state index contributed by atoms with van der Waals surface area (Å²) in [5.41, 5.74) is 0.00651. The zero-order valence-corrected chi connectivity index (χ0v) is 11.8. The van der Waals surface area contributed by atoms with Gasteiger partial charge in [0, 0.05) is 17.9 Å². The van der Waals surface area contributed by atoms with Gasteiger partial charge >= 0.3 is 8.38 Å².